The predicted octanol–water partition coefficient (Wildman–Crippen LogP) is 1.09. The minimum atomic E-state index is -0.882. The van der Waals surface area contributed by atoms with E-state index in [1.165, 1.54) is 0 Å². The molecule has 0 bridgehead atoms. The lowest BCUT2D eigenvalue weighted by molar-refractivity contribution is -0.192. The number of terminal acetylenes is 1. The van der Waals surface area contributed by atoms with E-state index >= 15 is 0 Å². The molecular weight excluding hydrogens is 196 g/mol. The van der Waals surface area contributed by atoms with Crippen molar-refractivity contribution in [1.82, 2.24) is 4.90 Å². The van der Waals surface area contributed by atoms with Gasteiger partial charge in [-0.15, -0.1) is 0 Å². The minimum absolute atomic E-state index is 0.458. The topological polar surface area (TPSA) is 64.8 Å². The summed E-state index contributed by atoms with van der Waals surface area (Å²) in [5.41, 5.74) is 5.08. The zero-order valence-corrected chi connectivity index (χ0v) is 9.23. The molecule has 5 heteroatoms. The lowest BCUT2D eigenvalue weighted by Gasteiger charge is -2.24. The Morgan fingerprint density at radius 3 is 2.13 bits per heavy atom. The van der Waals surface area contributed by atoms with Gasteiger partial charge in [0.15, 0.2) is 0 Å². The van der Waals surface area contributed by atoms with Crippen LogP contribution in [-0.2, 0) is 9.47 Å². The van der Waals surface area contributed by atoms with E-state index in [2.05, 4.69) is 6.04 Å². The first kappa shape index (κ1) is 13.8. The quantitative estimate of drug-likeness (QED) is 0.392. The molecule has 0 aliphatic carbocycles. The fourth-order valence-electron chi connectivity index (χ4n) is 0.863. The fourth-order valence-corrected chi connectivity index (χ4v) is 0.863. The Morgan fingerprint density at radius 2 is 1.87 bits per heavy atom. The van der Waals surface area contributed by atoms with E-state index in [0.717, 1.165) is 17.7 Å². The first-order valence-corrected chi connectivity index (χ1v) is 4.95. The highest BCUT2D eigenvalue weighted by Gasteiger charge is 2.21. The van der Waals surface area contributed by atoms with Crippen molar-refractivity contribution in [3.63, 3.8) is 0 Å². The molecular formula is C10H18N2O3. The molecule has 0 saturated heterocycles. The smallest absolute Gasteiger partial charge is 0.330 e. The third kappa shape index (κ3) is 5.25. The van der Waals surface area contributed by atoms with Crippen LogP contribution in [0.25, 0.3) is 0 Å². The molecule has 2 N–H and O–H groups in total. The van der Waals surface area contributed by atoms with Crippen molar-refractivity contribution < 1.29 is 14.3 Å². The highest BCUT2D eigenvalue weighted by Crippen LogP contribution is 2.04. The van der Waals surface area contributed by atoms with Crippen LogP contribution in [0.1, 0.15) is 26.7 Å². The van der Waals surface area contributed by atoms with Gasteiger partial charge in [0.1, 0.15) is 0 Å². The first-order valence-electron chi connectivity index (χ1n) is 4.95. The molecule has 86 valence electrons. The maximum atomic E-state index is 10.9. The lowest BCUT2D eigenvalue weighted by Crippen LogP contribution is -2.43. The van der Waals surface area contributed by atoms with E-state index in [4.69, 9.17) is 21.6 Å². The van der Waals surface area contributed by atoms with Crippen molar-refractivity contribution in [1.29, 1.82) is 0 Å². The Bertz CT molecular complexity index is 217. The van der Waals surface area contributed by atoms with Crippen LogP contribution in [-0.4, -0.2) is 30.6 Å². The standard InChI is InChI=1S/C10H18N2O3/c1-4-7-14-10(15-8-5-2)12(6-3)9(11)13/h3,10H,4-5,7-8H2,1-2H3,(H2,11,13). The zero-order chi connectivity index (χ0) is 11.7. The highest BCUT2D eigenvalue weighted by atomic mass is 16.7. The molecule has 0 aliphatic rings. The van der Waals surface area contributed by atoms with E-state index in [9.17, 15) is 4.79 Å². The second-order valence-corrected chi connectivity index (χ2v) is 2.89. The number of hydrogen-bond acceptors (Lipinski definition) is 3. The molecule has 15 heavy (non-hydrogen) atoms. The van der Waals surface area contributed by atoms with Gasteiger partial charge in [-0.1, -0.05) is 20.3 Å². The van der Waals surface area contributed by atoms with Gasteiger partial charge in [-0.25, -0.2) is 9.69 Å². The summed E-state index contributed by atoms with van der Waals surface area (Å²) in [6, 6.07) is 1.37. The number of carbonyl (C=O) groups is 1. The summed E-state index contributed by atoms with van der Waals surface area (Å²) in [6.45, 7) is 4.81. The molecule has 0 fully saturated rings. The molecule has 0 heterocycles. The number of ether oxygens (including phenoxy) is 2. The summed E-state index contributed by atoms with van der Waals surface area (Å²) in [4.78, 5) is 11.8. The molecule has 0 rings (SSSR count). The normalized spacial score (nSPS) is 10.0. The van der Waals surface area contributed by atoms with Crippen molar-refractivity contribution in [3.05, 3.63) is 0 Å². The van der Waals surface area contributed by atoms with Gasteiger partial charge in [0, 0.05) is 6.04 Å². The summed E-state index contributed by atoms with van der Waals surface area (Å²) >= 11 is 0. The van der Waals surface area contributed by atoms with Crippen LogP contribution in [0, 0.1) is 12.5 Å². The van der Waals surface area contributed by atoms with Gasteiger partial charge in [-0.3, -0.25) is 0 Å². The van der Waals surface area contributed by atoms with Crippen LogP contribution in [0.4, 0.5) is 4.79 Å². The van der Waals surface area contributed by atoms with Gasteiger partial charge in [0.2, 0.25) is 0 Å². The number of nitrogens with zero attached hydrogens (tertiary/aromatic N) is 1. The molecule has 5 nitrogen and oxygen atoms in total. The Balaban J connectivity index is 4.30. The highest BCUT2D eigenvalue weighted by molar-refractivity contribution is 5.74. The number of nitrogens with two attached hydrogens (primary N) is 1. The third-order valence-corrected chi connectivity index (χ3v) is 1.52. The summed E-state index contributed by atoms with van der Waals surface area (Å²) in [5, 5.41) is 0. The minimum Gasteiger partial charge on any atom is -0.351 e. The largest absolute Gasteiger partial charge is 0.351 e. The second-order valence-electron chi connectivity index (χ2n) is 2.89. The van der Waals surface area contributed by atoms with Crippen LogP contribution in [0.5, 0.6) is 0 Å². The van der Waals surface area contributed by atoms with E-state index in [0.29, 0.717) is 13.2 Å². The van der Waals surface area contributed by atoms with E-state index in [1.807, 2.05) is 13.8 Å². The van der Waals surface area contributed by atoms with E-state index in [1.54, 1.807) is 0 Å². The van der Waals surface area contributed by atoms with Crippen molar-refractivity contribution in [3.8, 4) is 12.5 Å². The van der Waals surface area contributed by atoms with Gasteiger partial charge in [0.25, 0.3) is 6.41 Å². The van der Waals surface area contributed by atoms with Gasteiger partial charge in [-0.05, 0) is 12.8 Å². The fraction of sp³-hybridized carbons (Fsp3) is 0.700. The molecule has 0 aromatic heterocycles. The number of urea groups is 1. The van der Waals surface area contributed by atoms with Crippen LogP contribution in [0.3, 0.4) is 0 Å². The Kier molecular flexibility index (Phi) is 7.42. The van der Waals surface area contributed by atoms with Crippen LogP contribution in [0.15, 0.2) is 0 Å². The van der Waals surface area contributed by atoms with Crippen molar-refractivity contribution in [2.75, 3.05) is 13.2 Å². The van der Waals surface area contributed by atoms with Gasteiger partial charge >= 0.3 is 6.03 Å². The second kappa shape index (κ2) is 8.09. The van der Waals surface area contributed by atoms with Crippen LogP contribution >= 0.6 is 0 Å². The number of primary amides is 1. The molecule has 0 atom stereocenters. The summed E-state index contributed by atoms with van der Waals surface area (Å²) in [6.07, 6.45) is 5.87. The van der Waals surface area contributed by atoms with Crippen molar-refractivity contribution in [2.24, 2.45) is 5.73 Å². The predicted molar refractivity (Wildman–Crippen MR) is 56.5 cm³/mol. The van der Waals surface area contributed by atoms with Gasteiger partial charge in [0.05, 0.1) is 13.2 Å². The summed E-state index contributed by atoms with van der Waals surface area (Å²) < 4.78 is 10.5. The maximum Gasteiger partial charge on any atom is 0.330 e. The molecule has 0 aromatic rings. The molecule has 0 aromatic carbocycles. The monoisotopic (exact) mass is 214 g/mol. The molecule has 0 aliphatic heterocycles. The lowest BCUT2D eigenvalue weighted by atomic mass is 10.5. The molecule has 2 amide bonds. The average molecular weight is 214 g/mol. The van der Waals surface area contributed by atoms with Crippen LogP contribution < -0.4 is 5.73 Å². The SMILES string of the molecule is C#CN(C(N)=O)C(OCCC)OCCC. The van der Waals surface area contributed by atoms with Gasteiger partial charge < -0.3 is 15.2 Å². The Hall–Kier alpha value is -1.25. The number of rotatable bonds is 7. The van der Waals surface area contributed by atoms with Crippen molar-refractivity contribution in [2.45, 2.75) is 33.1 Å². The molecule has 0 spiro atoms. The number of carbonyl (C=O) groups excluding carboxylic acids is 1. The van der Waals surface area contributed by atoms with E-state index < -0.39 is 12.4 Å². The van der Waals surface area contributed by atoms with Crippen LogP contribution in [0.2, 0.25) is 0 Å². The summed E-state index contributed by atoms with van der Waals surface area (Å²) in [5.74, 6) is 0. The first-order chi connectivity index (χ1) is 7.17. The molecule has 0 saturated carbocycles. The third-order valence-electron chi connectivity index (χ3n) is 1.52. The molecule has 0 radical (unpaired) electrons. The Morgan fingerprint density at radius 1 is 1.40 bits per heavy atom. The number of amides is 2. The number of hydrogen-bond donors (Lipinski definition) is 1. The van der Waals surface area contributed by atoms with E-state index in [-0.39, 0.29) is 0 Å². The summed E-state index contributed by atoms with van der Waals surface area (Å²) in [7, 11) is 0. The maximum absolute atomic E-state index is 10.9. The molecule has 0 unspecified atom stereocenters. The Labute approximate surface area is 90.5 Å². The average Bonchev–Trinajstić information content (AvgIpc) is 2.21. The zero-order valence-electron chi connectivity index (χ0n) is 9.23. The van der Waals surface area contributed by atoms with Crippen molar-refractivity contribution >= 4 is 6.03 Å². The van der Waals surface area contributed by atoms with Gasteiger partial charge in [-0.2, -0.15) is 0 Å².